The summed E-state index contributed by atoms with van der Waals surface area (Å²) in [5, 5.41) is 0. The molecule has 0 radical (unpaired) electrons. The fourth-order valence-corrected chi connectivity index (χ4v) is 3.72. The lowest BCUT2D eigenvalue weighted by atomic mass is 10.1. The van der Waals surface area contributed by atoms with Gasteiger partial charge in [0.25, 0.3) is 0 Å². The number of rotatable bonds is 2. The highest BCUT2D eigenvalue weighted by Gasteiger charge is 2.33. The lowest BCUT2D eigenvalue weighted by Crippen LogP contribution is -2.46. The van der Waals surface area contributed by atoms with E-state index in [0.29, 0.717) is 25.0 Å². The molecule has 1 aliphatic heterocycles. The Bertz CT molecular complexity index is 569. The standard InChI is InChI=1S/C11H13F3N2O2S/c12-7-4-9(13)11(10(14)5-7)19(17,18)16-3-1-2-8(15)6-16/h4-5,8H,1-3,6,15H2/t8-/m1/s1. The summed E-state index contributed by atoms with van der Waals surface area (Å²) in [5.41, 5.74) is 5.65. The molecule has 4 nitrogen and oxygen atoms in total. The van der Waals surface area contributed by atoms with Crippen molar-refractivity contribution in [2.24, 2.45) is 5.73 Å². The maximum atomic E-state index is 13.5. The number of nitrogens with two attached hydrogens (primary N) is 1. The zero-order chi connectivity index (χ0) is 14.2. The zero-order valence-corrected chi connectivity index (χ0v) is 10.8. The summed E-state index contributed by atoms with van der Waals surface area (Å²) in [4.78, 5) is -1.12. The molecule has 1 heterocycles. The van der Waals surface area contributed by atoms with Crippen LogP contribution in [0, 0.1) is 17.5 Å². The third-order valence-corrected chi connectivity index (χ3v) is 4.90. The number of hydrogen-bond acceptors (Lipinski definition) is 3. The lowest BCUT2D eigenvalue weighted by Gasteiger charge is -2.30. The Balaban J connectivity index is 2.45. The first kappa shape index (κ1) is 14.3. The molecule has 0 bridgehead atoms. The van der Waals surface area contributed by atoms with Crippen molar-refractivity contribution in [1.82, 2.24) is 4.31 Å². The van der Waals surface area contributed by atoms with E-state index in [4.69, 9.17) is 5.73 Å². The van der Waals surface area contributed by atoms with Gasteiger partial charge in [-0.3, -0.25) is 0 Å². The Hall–Kier alpha value is -1.12. The maximum absolute atomic E-state index is 13.5. The minimum Gasteiger partial charge on any atom is -0.327 e. The summed E-state index contributed by atoms with van der Waals surface area (Å²) in [5.74, 6) is -4.03. The number of sulfonamides is 1. The Morgan fingerprint density at radius 2 is 1.79 bits per heavy atom. The van der Waals surface area contributed by atoms with E-state index in [-0.39, 0.29) is 19.1 Å². The van der Waals surface area contributed by atoms with Crippen molar-refractivity contribution >= 4 is 10.0 Å². The molecular formula is C11H13F3N2O2S. The monoisotopic (exact) mass is 294 g/mol. The second-order valence-electron chi connectivity index (χ2n) is 4.46. The van der Waals surface area contributed by atoms with Crippen LogP contribution in [-0.4, -0.2) is 31.9 Å². The van der Waals surface area contributed by atoms with Gasteiger partial charge in [0.05, 0.1) is 0 Å². The normalized spacial score (nSPS) is 21.6. The minimum atomic E-state index is -4.34. The Labute approximate surface area is 109 Å². The van der Waals surface area contributed by atoms with Crippen molar-refractivity contribution < 1.29 is 21.6 Å². The number of piperidine rings is 1. The van der Waals surface area contributed by atoms with E-state index >= 15 is 0 Å². The fraction of sp³-hybridized carbons (Fsp3) is 0.455. The lowest BCUT2D eigenvalue weighted by molar-refractivity contribution is 0.313. The average molecular weight is 294 g/mol. The summed E-state index contributed by atoms with van der Waals surface area (Å²) < 4.78 is 65.1. The van der Waals surface area contributed by atoms with Gasteiger partial charge in [-0.15, -0.1) is 0 Å². The van der Waals surface area contributed by atoms with Gasteiger partial charge in [-0.2, -0.15) is 4.31 Å². The first-order valence-electron chi connectivity index (χ1n) is 5.72. The van der Waals surface area contributed by atoms with Gasteiger partial charge in [0.1, 0.15) is 17.5 Å². The molecule has 0 amide bonds. The highest BCUT2D eigenvalue weighted by Crippen LogP contribution is 2.25. The van der Waals surface area contributed by atoms with Crippen LogP contribution in [0.1, 0.15) is 12.8 Å². The number of nitrogens with zero attached hydrogens (tertiary/aromatic N) is 1. The largest absolute Gasteiger partial charge is 0.327 e. The topological polar surface area (TPSA) is 63.4 Å². The van der Waals surface area contributed by atoms with Crippen molar-refractivity contribution in [2.45, 2.75) is 23.8 Å². The van der Waals surface area contributed by atoms with E-state index in [9.17, 15) is 21.6 Å². The smallest absolute Gasteiger partial charge is 0.248 e. The molecule has 106 valence electrons. The molecule has 2 rings (SSSR count). The van der Waals surface area contributed by atoms with Gasteiger partial charge in [-0.25, -0.2) is 21.6 Å². The molecule has 0 aromatic heterocycles. The molecule has 1 fully saturated rings. The van der Waals surface area contributed by atoms with Gasteiger partial charge in [-0.1, -0.05) is 0 Å². The molecule has 0 unspecified atom stereocenters. The van der Waals surface area contributed by atoms with Crippen LogP contribution in [0.2, 0.25) is 0 Å². The van der Waals surface area contributed by atoms with Gasteiger partial charge in [-0.05, 0) is 12.8 Å². The van der Waals surface area contributed by atoms with Crippen LogP contribution in [0.15, 0.2) is 17.0 Å². The number of halogens is 3. The van der Waals surface area contributed by atoms with E-state index < -0.39 is 32.4 Å². The van der Waals surface area contributed by atoms with Gasteiger partial charge in [0.15, 0.2) is 4.90 Å². The highest BCUT2D eigenvalue weighted by atomic mass is 32.2. The van der Waals surface area contributed by atoms with E-state index in [1.165, 1.54) is 0 Å². The van der Waals surface area contributed by atoms with Crippen LogP contribution in [0.25, 0.3) is 0 Å². The molecule has 19 heavy (non-hydrogen) atoms. The molecule has 8 heteroatoms. The van der Waals surface area contributed by atoms with Crippen LogP contribution >= 0.6 is 0 Å². The molecule has 1 aromatic carbocycles. The zero-order valence-electron chi connectivity index (χ0n) is 9.94. The Kier molecular flexibility index (Phi) is 3.84. The van der Waals surface area contributed by atoms with Crippen LogP contribution in [0.3, 0.4) is 0 Å². The van der Waals surface area contributed by atoms with Crippen molar-refractivity contribution in [3.63, 3.8) is 0 Å². The van der Waals surface area contributed by atoms with Gasteiger partial charge in [0, 0.05) is 31.3 Å². The summed E-state index contributed by atoms with van der Waals surface area (Å²) in [6.45, 7) is 0.144. The Morgan fingerprint density at radius 1 is 1.21 bits per heavy atom. The van der Waals surface area contributed by atoms with Crippen LogP contribution < -0.4 is 5.73 Å². The third kappa shape index (κ3) is 2.75. The number of hydrogen-bond donors (Lipinski definition) is 1. The van der Waals surface area contributed by atoms with Crippen LogP contribution in [-0.2, 0) is 10.0 Å². The maximum Gasteiger partial charge on any atom is 0.248 e. The summed E-state index contributed by atoms with van der Waals surface area (Å²) >= 11 is 0. The average Bonchev–Trinajstić information content (AvgIpc) is 2.26. The second kappa shape index (κ2) is 5.10. The van der Waals surface area contributed by atoms with Crippen molar-refractivity contribution in [2.75, 3.05) is 13.1 Å². The molecule has 2 N–H and O–H groups in total. The Morgan fingerprint density at radius 3 is 2.32 bits per heavy atom. The summed E-state index contributed by atoms with van der Waals surface area (Å²) in [6.07, 6.45) is 1.17. The molecule has 0 aliphatic carbocycles. The fourth-order valence-electron chi connectivity index (χ4n) is 2.10. The van der Waals surface area contributed by atoms with Gasteiger partial charge in [0.2, 0.25) is 10.0 Å². The molecule has 1 aliphatic rings. The first-order valence-corrected chi connectivity index (χ1v) is 7.16. The van der Waals surface area contributed by atoms with Gasteiger partial charge < -0.3 is 5.73 Å². The summed E-state index contributed by atoms with van der Waals surface area (Å²) in [7, 11) is -4.34. The molecule has 1 atom stereocenters. The molecular weight excluding hydrogens is 281 g/mol. The van der Waals surface area contributed by atoms with Gasteiger partial charge >= 0.3 is 0 Å². The molecule has 1 saturated heterocycles. The van der Waals surface area contributed by atoms with Crippen LogP contribution in [0.5, 0.6) is 0 Å². The SMILES string of the molecule is N[C@@H]1CCCN(S(=O)(=O)c2c(F)cc(F)cc2F)C1. The van der Waals surface area contributed by atoms with E-state index in [1.54, 1.807) is 0 Å². The van der Waals surface area contributed by atoms with Crippen LogP contribution in [0.4, 0.5) is 13.2 Å². The van der Waals surface area contributed by atoms with Crippen molar-refractivity contribution in [3.8, 4) is 0 Å². The molecule has 0 saturated carbocycles. The third-order valence-electron chi connectivity index (χ3n) is 2.98. The highest BCUT2D eigenvalue weighted by molar-refractivity contribution is 7.89. The predicted octanol–water partition coefficient (Wildman–Crippen LogP) is 1.22. The van der Waals surface area contributed by atoms with Crippen molar-refractivity contribution in [1.29, 1.82) is 0 Å². The molecule has 0 spiro atoms. The van der Waals surface area contributed by atoms with E-state index in [2.05, 4.69) is 0 Å². The summed E-state index contributed by atoms with van der Waals surface area (Å²) in [6, 6.07) is 0.328. The predicted molar refractivity (Wildman–Crippen MR) is 62.3 cm³/mol. The molecule has 1 aromatic rings. The number of benzene rings is 1. The minimum absolute atomic E-state index is 0.00140. The quantitative estimate of drug-likeness (QED) is 0.892. The first-order chi connectivity index (χ1) is 8.82. The van der Waals surface area contributed by atoms with E-state index in [1.807, 2.05) is 0 Å². The second-order valence-corrected chi connectivity index (χ2v) is 6.34. The van der Waals surface area contributed by atoms with E-state index in [0.717, 1.165) is 4.31 Å². The van der Waals surface area contributed by atoms with Crippen molar-refractivity contribution in [3.05, 3.63) is 29.6 Å².